The molecule has 2 aliphatic heterocycles. The highest BCUT2D eigenvalue weighted by molar-refractivity contribution is 5.76. The summed E-state index contributed by atoms with van der Waals surface area (Å²) in [5.41, 5.74) is 0. The molecule has 0 spiro atoms. The van der Waals surface area contributed by atoms with Gasteiger partial charge in [0.2, 0.25) is 5.91 Å². The first-order valence-electron chi connectivity index (χ1n) is 43.8. The molecule has 2 aliphatic rings. The molecule has 0 aromatic heterocycles. The topological polar surface area (TPSA) is 228 Å². The Balaban J connectivity index is 1.58. The summed E-state index contributed by atoms with van der Waals surface area (Å²) in [5, 5.41) is 87.8. The SMILES string of the molecule is CC/C=C\C/C=C\C/C=C\C/C=C\CCCCCCCCCCCCCCCCCCCCCCCCCCCCC(=O)NC(COC1OC(CO)C(OC2OC(CO)C(O)C(O)C2O)C(O)C1O)C(O)/C=C/CC/C=C/CC/C=C/CCCCCCCCCCCCCCCCCCCCCCC. The molecule has 0 aliphatic carbocycles. The van der Waals surface area contributed by atoms with Crippen LogP contribution in [0.15, 0.2) is 85.1 Å². The van der Waals surface area contributed by atoms with E-state index in [4.69, 9.17) is 18.9 Å². The van der Waals surface area contributed by atoms with Crippen LogP contribution in [0.5, 0.6) is 0 Å². The fourth-order valence-electron chi connectivity index (χ4n) is 14.2. The number of rotatable bonds is 74. The molecule has 2 fully saturated rings. The van der Waals surface area contributed by atoms with Crippen molar-refractivity contribution in [2.45, 2.75) is 460 Å². The van der Waals surface area contributed by atoms with Crippen LogP contribution in [0.4, 0.5) is 0 Å². The molecule has 0 saturated carbocycles. The zero-order valence-corrected chi connectivity index (χ0v) is 66.8. The van der Waals surface area contributed by atoms with Gasteiger partial charge >= 0.3 is 0 Å². The van der Waals surface area contributed by atoms with Gasteiger partial charge in [0.05, 0.1) is 32.0 Å². The smallest absolute Gasteiger partial charge is 0.220 e. The van der Waals surface area contributed by atoms with Crippen molar-refractivity contribution >= 4 is 5.91 Å². The summed E-state index contributed by atoms with van der Waals surface area (Å²) in [6.07, 6.45) is 87.0. The van der Waals surface area contributed by atoms with Crippen molar-refractivity contribution in [3.05, 3.63) is 85.1 Å². The number of hydrogen-bond acceptors (Lipinski definition) is 13. The van der Waals surface area contributed by atoms with Gasteiger partial charge in [-0.15, -0.1) is 0 Å². The Hall–Kier alpha value is -2.83. The van der Waals surface area contributed by atoms with Crippen LogP contribution < -0.4 is 5.32 Å². The maximum atomic E-state index is 13.4. The Morgan fingerprint density at radius 3 is 1.06 bits per heavy atom. The molecule has 12 unspecified atom stereocenters. The fraction of sp³-hybridized carbons (Fsp3) is 0.833. The van der Waals surface area contributed by atoms with Crippen LogP contribution >= 0.6 is 0 Å². The Kier molecular flexibility index (Phi) is 68.3. The van der Waals surface area contributed by atoms with Crippen molar-refractivity contribution in [2.75, 3.05) is 19.8 Å². The number of allylic oxidation sites excluding steroid dienone is 13. The van der Waals surface area contributed by atoms with E-state index in [2.05, 4.69) is 92.1 Å². The van der Waals surface area contributed by atoms with Crippen LogP contribution in [-0.2, 0) is 23.7 Å². The summed E-state index contributed by atoms with van der Waals surface area (Å²) in [6, 6.07) is -0.942. The van der Waals surface area contributed by atoms with Gasteiger partial charge in [0, 0.05) is 6.42 Å². The molecular weight excluding hydrogens is 1300 g/mol. The summed E-state index contributed by atoms with van der Waals surface area (Å²) >= 11 is 0. The molecule has 9 N–H and O–H groups in total. The van der Waals surface area contributed by atoms with Crippen molar-refractivity contribution < 1.29 is 64.6 Å². The van der Waals surface area contributed by atoms with E-state index >= 15 is 0 Å². The van der Waals surface area contributed by atoms with Gasteiger partial charge in [0.1, 0.15) is 48.8 Å². The van der Waals surface area contributed by atoms with Crippen LogP contribution in [0, 0.1) is 0 Å². The summed E-state index contributed by atoms with van der Waals surface area (Å²) in [7, 11) is 0. The number of carbonyl (C=O) groups is 1. The zero-order chi connectivity index (χ0) is 75.1. The molecule has 606 valence electrons. The Morgan fingerprint density at radius 2 is 0.673 bits per heavy atom. The van der Waals surface area contributed by atoms with Gasteiger partial charge in [-0.25, -0.2) is 0 Å². The molecule has 0 bridgehead atoms. The maximum absolute atomic E-state index is 13.4. The quantitative estimate of drug-likeness (QED) is 0.0204. The molecular formula is C90H163NO13. The third kappa shape index (κ3) is 54.7. The van der Waals surface area contributed by atoms with E-state index in [1.54, 1.807) is 6.08 Å². The average Bonchev–Trinajstić information content (AvgIpc) is 0.791. The fourth-order valence-corrected chi connectivity index (χ4v) is 14.2. The third-order valence-corrected chi connectivity index (χ3v) is 21.0. The minimum absolute atomic E-state index is 0.247. The Bertz CT molecular complexity index is 2080. The molecule has 14 heteroatoms. The monoisotopic (exact) mass is 1470 g/mol. The van der Waals surface area contributed by atoms with E-state index in [-0.39, 0.29) is 18.9 Å². The van der Waals surface area contributed by atoms with E-state index in [1.807, 2.05) is 6.08 Å². The number of unbranched alkanes of at least 4 members (excludes halogenated alkanes) is 49. The first-order chi connectivity index (χ1) is 51.1. The molecule has 12 atom stereocenters. The lowest BCUT2D eigenvalue weighted by Gasteiger charge is -2.46. The maximum Gasteiger partial charge on any atom is 0.220 e. The molecule has 14 nitrogen and oxygen atoms in total. The summed E-state index contributed by atoms with van der Waals surface area (Å²) in [4.78, 5) is 13.4. The summed E-state index contributed by atoms with van der Waals surface area (Å²) in [5.74, 6) is -0.247. The molecule has 1 amide bonds. The van der Waals surface area contributed by atoms with Gasteiger partial charge in [-0.2, -0.15) is 0 Å². The molecule has 0 radical (unpaired) electrons. The number of ether oxygens (including phenoxy) is 4. The van der Waals surface area contributed by atoms with E-state index in [9.17, 15) is 45.6 Å². The van der Waals surface area contributed by atoms with Gasteiger partial charge in [-0.3, -0.25) is 4.79 Å². The lowest BCUT2D eigenvalue weighted by molar-refractivity contribution is -0.359. The third-order valence-electron chi connectivity index (χ3n) is 21.0. The van der Waals surface area contributed by atoms with Gasteiger partial charge < -0.3 is 65.1 Å². The molecule has 2 heterocycles. The van der Waals surface area contributed by atoms with Gasteiger partial charge in [0.15, 0.2) is 12.6 Å². The van der Waals surface area contributed by atoms with Crippen molar-refractivity contribution in [1.29, 1.82) is 0 Å². The lowest BCUT2D eigenvalue weighted by atomic mass is 9.97. The van der Waals surface area contributed by atoms with Crippen molar-refractivity contribution in [3.8, 4) is 0 Å². The summed E-state index contributed by atoms with van der Waals surface area (Å²) < 4.78 is 22.9. The first-order valence-corrected chi connectivity index (χ1v) is 43.8. The zero-order valence-electron chi connectivity index (χ0n) is 66.8. The normalized spacial score (nSPS) is 21.9. The van der Waals surface area contributed by atoms with E-state index < -0.39 is 86.8 Å². The second-order valence-corrected chi connectivity index (χ2v) is 30.6. The van der Waals surface area contributed by atoms with Crippen molar-refractivity contribution in [3.63, 3.8) is 0 Å². The minimum atomic E-state index is -1.80. The highest BCUT2D eigenvalue weighted by Gasteiger charge is 2.51. The number of aliphatic hydroxyl groups is 8. The Morgan fingerprint density at radius 1 is 0.356 bits per heavy atom. The average molecular weight is 1470 g/mol. The number of carbonyl (C=O) groups excluding carboxylic acids is 1. The molecule has 2 rings (SSSR count). The number of nitrogens with one attached hydrogen (secondary N) is 1. The predicted octanol–water partition coefficient (Wildman–Crippen LogP) is 21.0. The number of amides is 1. The Labute approximate surface area is 637 Å². The standard InChI is InChI=1S/C90H163NO13/c1-3-5-7-9-11-13-15-17-19-21-23-25-27-29-31-33-35-36-37-38-39-40-41-42-44-46-48-50-52-54-56-58-60-62-64-66-68-70-72-74-82(95)91-78(77-101-89-87(100)85(98)88(81(76-93)103-89)104-90-86(99)84(97)83(96)80(75-92)102-90)79(94)73-71-69-67-65-63-61-59-57-55-53-51-49-47-45-43-34-32-30-28-26-24-22-20-18-16-14-12-10-8-6-4-2/h5,7,11,13,17,19,23,25,55,57,63,65,71,73,78-81,83-90,92-94,96-100H,3-4,6,8-10,12,14-16,18,20-22,24,26-54,56,58-62,64,66-70,72,74-77H2,1-2H3,(H,91,95)/b7-5-,13-11-,19-17-,25-23-,57-55+,65-63+,73-71+. The van der Waals surface area contributed by atoms with Crippen LogP contribution in [0.3, 0.4) is 0 Å². The van der Waals surface area contributed by atoms with Crippen LogP contribution in [0.1, 0.15) is 386 Å². The molecule has 0 aromatic carbocycles. The predicted molar refractivity (Wildman–Crippen MR) is 433 cm³/mol. The van der Waals surface area contributed by atoms with Crippen LogP contribution in [-0.4, -0.2) is 140 Å². The second kappa shape index (κ2) is 73.0. The molecule has 0 aromatic rings. The van der Waals surface area contributed by atoms with Crippen LogP contribution in [0.2, 0.25) is 0 Å². The van der Waals surface area contributed by atoms with Gasteiger partial charge in [0.25, 0.3) is 0 Å². The van der Waals surface area contributed by atoms with Crippen molar-refractivity contribution in [1.82, 2.24) is 5.32 Å². The number of hydrogen-bond donors (Lipinski definition) is 9. The highest BCUT2D eigenvalue weighted by atomic mass is 16.7. The van der Waals surface area contributed by atoms with Gasteiger partial charge in [-0.1, -0.05) is 381 Å². The van der Waals surface area contributed by atoms with Gasteiger partial charge in [-0.05, 0) is 83.5 Å². The van der Waals surface area contributed by atoms with Crippen molar-refractivity contribution in [2.24, 2.45) is 0 Å². The lowest BCUT2D eigenvalue weighted by Crippen LogP contribution is -2.65. The van der Waals surface area contributed by atoms with E-state index in [0.717, 1.165) is 70.6 Å². The largest absolute Gasteiger partial charge is 0.394 e. The minimum Gasteiger partial charge on any atom is -0.394 e. The highest BCUT2D eigenvalue weighted by Crippen LogP contribution is 2.30. The van der Waals surface area contributed by atoms with E-state index in [0.29, 0.717) is 12.8 Å². The first kappa shape index (κ1) is 97.2. The van der Waals surface area contributed by atoms with E-state index in [1.165, 1.54) is 283 Å². The number of aliphatic hydroxyl groups excluding tert-OH is 8. The second-order valence-electron chi connectivity index (χ2n) is 30.6. The molecule has 104 heavy (non-hydrogen) atoms. The summed E-state index contributed by atoms with van der Waals surface area (Å²) in [6.45, 7) is 2.72. The molecule has 2 saturated heterocycles. The van der Waals surface area contributed by atoms with Crippen LogP contribution in [0.25, 0.3) is 0 Å².